The Morgan fingerprint density at radius 1 is 1.07 bits per heavy atom. The molecule has 2 aromatic carbocycles. The summed E-state index contributed by atoms with van der Waals surface area (Å²) < 4.78 is 16.1. The molecule has 1 fully saturated rings. The summed E-state index contributed by atoms with van der Waals surface area (Å²) in [5.41, 5.74) is 3.12. The van der Waals surface area contributed by atoms with E-state index in [1.54, 1.807) is 20.3 Å². The summed E-state index contributed by atoms with van der Waals surface area (Å²) in [6.45, 7) is 3.30. The summed E-state index contributed by atoms with van der Waals surface area (Å²) in [6.07, 6.45) is 1.39. The topological polar surface area (TPSA) is 77.7 Å². The van der Waals surface area contributed by atoms with Crippen LogP contribution in [0.1, 0.15) is 36.2 Å². The largest absolute Gasteiger partial charge is 0.497 e. The number of ether oxygens (including phenoxy) is 2. The Bertz CT molecular complexity index is 1010. The number of rotatable bonds is 7. The molecule has 0 aliphatic carbocycles. The highest BCUT2D eigenvalue weighted by Crippen LogP contribution is 2.32. The second kappa shape index (κ2) is 8.57. The minimum Gasteiger partial charge on any atom is -0.497 e. The lowest BCUT2D eigenvalue weighted by Gasteiger charge is -2.16. The summed E-state index contributed by atoms with van der Waals surface area (Å²) >= 11 is 0. The molecule has 0 N–H and O–H groups in total. The van der Waals surface area contributed by atoms with Crippen molar-refractivity contribution in [3.05, 3.63) is 59.4 Å². The number of nitrogens with zero attached hydrogens (tertiary/aromatic N) is 3. The van der Waals surface area contributed by atoms with Crippen LogP contribution in [0.25, 0.3) is 11.5 Å². The lowest BCUT2D eigenvalue weighted by Crippen LogP contribution is -2.24. The Morgan fingerprint density at radius 3 is 2.37 bits per heavy atom. The third-order valence-corrected chi connectivity index (χ3v) is 5.42. The molecule has 4 rings (SSSR count). The van der Waals surface area contributed by atoms with Gasteiger partial charge in [-0.3, -0.25) is 4.79 Å². The van der Waals surface area contributed by atoms with Crippen LogP contribution in [0.15, 0.2) is 47.0 Å². The highest BCUT2D eigenvalue weighted by molar-refractivity contribution is 5.79. The third kappa shape index (κ3) is 4.15. The van der Waals surface area contributed by atoms with Crippen molar-refractivity contribution in [2.24, 2.45) is 0 Å². The molecule has 0 saturated carbocycles. The lowest BCUT2D eigenvalue weighted by molar-refractivity contribution is -0.128. The van der Waals surface area contributed by atoms with Crippen molar-refractivity contribution >= 4 is 5.91 Å². The minimum absolute atomic E-state index is 0.0857. The number of likely N-dealkylation sites (tertiary alicyclic amines) is 1. The Balaban J connectivity index is 1.48. The molecular weight excluding hydrogens is 382 g/mol. The summed E-state index contributed by atoms with van der Waals surface area (Å²) in [5, 5.41) is 4.14. The predicted octanol–water partition coefficient (Wildman–Crippen LogP) is 3.83. The Hall–Kier alpha value is -3.35. The number of methoxy groups -OCH3 is 2. The lowest BCUT2D eigenvalue weighted by atomic mass is 10.1. The molecule has 0 radical (unpaired) electrons. The van der Waals surface area contributed by atoms with Gasteiger partial charge in [-0.1, -0.05) is 36.3 Å². The Kier molecular flexibility index (Phi) is 5.70. The van der Waals surface area contributed by atoms with Gasteiger partial charge < -0.3 is 18.9 Å². The maximum Gasteiger partial charge on any atom is 0.258 e. The molecule has 3 aromatic rings. The molecule has 1 saturated heterocycles. The fourth-order valence-electron chi connectivity index (χ4n) is 3.65. The fourth-order valence-corrected chi connectivity index (χ4v) is 3.65. The SMILES string of the molecule is CCc1ccc(CN2CC(c3noc(-c4cc(OC)cc(OC)c4)n3)CC2=O)cc1. The number of hydrogen-bond donors (Lipinski definition) is 0. The Morgan fingerprint density at radius 2 is 1.73 bits per heavy atom. The van der Waals surface area contributed by atoms with Crippen molar-refractivity contribution in [1.29, 1.82) is 0 Å². The molecule has 7 nitrogen and oxygen atoms in total. The average Bonchev–Trinajstić information content (AvgIpc) is 3.41. The second-order valence-corrected chi connectivity index (χ2v) is 7.40. The molecule has 7 heteroatoms. The summed E-state index contributed by atoms with van der Waals surface area (Å²) in [7, 11) is 3.18. The highest BCUT2D eigenvalue weighted by atomic mass is 16.5. The standard InChI is InChI=1S/C23H25N3O4/c1-4-15-5-7-16(8-6-15)13-26-14-18(11-21(26)27)22-24-23(30-25-22)17-9-19(28-2)12-20(10-17)29-3/h5-10,12,18H,4,11,13-14H2,1-3H3. The minimum atomic E-state index is -0.0857. The number of benzene rings is 2. The van der Waals surface area contributed by atoms with E-state index < -0.39 is 0 Å². The monoisotopic (exact) mass is 407 g/mol. The molecule has 1 aliphatic heterocycles. The van der Waals surface area contributed by atoms with Crippen LogP contribution in [0.4, 0.5) is 0 Å². The third-order valence-electron chi connectivity index (χ3n) is 5.42. The summed E-state index contributed by atoms with van der Waals surface area (Å²) in [5.74, 6) is 2.22. The zero-order valence-corrected chi connectivity index (χ0v) is 17.4. The van der Waals surface area contributed by atoms with E-state index in [4.69, 9.17) is 14.0 Å². The van der Waals surface area contributed by atoms with Gasteiger partial charge in [0.1, 0.15) is 11.5 Å². The van der Waals surface area contributed by atoms with Crippen LogP contribution in [-0.4, -0.2) is 41.7 Å². The maximum atomic E-state index is 12.5. The van der Waals surface area contributed by atoms with Crippen LogP contribution in [-0.2, 0) is 17.8 Å². The number of amides is 1. The number of carbonyl (C=O) groups excluding carboxylic acids is 1. The van der Waals surface area contributed by atoms with Crippen LogP contribution in [0, 0.1) is 0 Å². The molecule has 1 unspecified atom stereocenters. The first-order valence-electron chi connectivity index (χ1n) is 10.0. The van der Waals surface area contributed by atoms with Crippen LogP contribution in [0.2, 0.25) is 0 Å². The van der Waals surface area contributed by atoms with Gasteiger partial charge in [-0.05, 0) is 29.7 Å². The second-order valence-electron chi connectivity index (χ2n) is 7.40. The number of carbonyl (C=O) groups is 1. The normalized spacial score (nSPS) is 16.2. The first-order valence-corrected chi connectivity index (χ1v) is 10.0. The molecule has 2 heterocycles. The molecule has 1 aromatic heterocycles. The van der Waals surface area contributed by atoms with Crippen molar-refractivity contribution in [3.8, 4) is 23.0 Å². The number of hydrogen-bond acceptors (Lipinski definition) is 6. The van der Waals surface area contributed by atoms with Crippen LogP contribution >= 0.6 is 0 Å². The average molecular weight is 407 g/mol. The van der Waals surface area contributed by atoms with Gasteiger partial charge in [0.25, 0.3) is 5.89 Å². The number of aryl methyl sites for hydroxylation is 1. The molecule has 1 atom stereocenters. The molecule has 0 bridgehead atoms. The van der Waals surface area contributed by atoms with Crippen LogP contribution in [0.3, 0.4) is 0 Å². The summed E-state index contributed by atoms with van der Waals surface area (Å²) in [6, 6.07) is 13.8. The van der Waals surface area contributed by atoms with E-state index in [0.29, 0.717) is 48.3 Å². The van der Waals surface area contributed by atoms with Gasteiger partial charge in [0.2, 0.25) is 5.91 Å². The van der Waals surface area contributed by atoms with Gasteiger partial charge in [0.05, 0.1) is 14.2 Å². The van der Waals surface area contributed by atoms with Gasteiger partial charge in [-0.25, -0.2) is 0 Å². The van der Waals surface area contributed by atoms with E-state index in [-0.39, 0.29) is 11.8 Å². The fraction of sp³-hybridized carbons (Fsp3) is 0.348. The zero-order chi connectivity index (χ0) is 21.1. The molecule has 1 amide bonds. The van der Waals surface area contributed by atoms with Gasteiger partial charge in [0, 0.05) is 37.1 Å². The van der Waals surface area contributed by atoms with Crippen molar-refractivity contribution in [2.45, 2.75) is 32.2 Å². The molecule has 1 aliphatic rings. The molecular formula is C23H25N3O4. The smallest absolute Gasteiger partial charge is 0.258 e. The summed E-state index contributed by atoms with van der Waals surface area (Å²) in [4.78, 5) is 18.9. The van der Waals surface area contributed by atoms with Crippen molar-refractivity contribution in [2.75, 3.05) is 20.8 Å². The van der Waals surface area contributed by atoms with E-state index in [1.807, 2.05) is 17.0 Å². The van der Waals surface area contributed by atoms with Crippen molar-refractivity contribution in [3.63, 3.8) is 0 Å². The zero-order valence-electron chi connectivity index (χ0n) is 17.4. The molecule has 30 heavy (non-hydrogen) atoms. The van der Waals surface area contributed by atoms with E-state index in [1.165, 1.54) is 5.56 Å². The van der Waals surface area contributed by atoms with Gasteiger partial charge in [-0.15, -0.1) is 0 Å². The van der Waals surface area contributed by atoms with Crippen LogP contribution < -0.4 is 9.47 Å². The van der Waals surface area contributed by atoms with Crippen molar-refractivity contribution in [1.82, 2.24) is 15.0 Å². The van der Waals surface area contributed by atoms with E-state index in [9.17, 15) is 4.79 Å². The first-order chi connectivity index (χ1) is 14.6. The van der Waals surface area contributed by atoms with Crippen LogP contribution in [0.5, 0.6) is 11.5 Å². The van der Waals surface area contributed by atoms with E-state index >= 15 is 0 Å². The van der Waals surface area contributed by atoms with E-state index in [0.717, 1.165) is 12.0 Å². The van der Waals surface area contributed by atoms with Crippen molar-refractivity contribution < 1.29 is 18.8 Å². The number of aromatic nitrogens is 2. The molecule has 0 spiro atoms. The quantitative estimate of drug-likeness (QED) is 0.592. The van der Waals surface area contributed by atoms with Gasteiger partial charge >= 0.3 is 0 Å². The first kappa shape index (κ1) is 19.9. The predicted molar refractivity (Wildman–Crippen MR) is 111 cm³/mol. The Labute approximate surface area is 175 Å². The maximum absolute atomic E-state index is 12.5. The van der Waals surface area contributed by atoms with E-state index in [2.05, 4.69) is 41.3 Å². The molecule has 156 valence electrons. The van der Waals surface area contributed by atoms with Gasteiger partial charge in [0.15, 0.2) is 5.82 Å². The van der Waals surface area contributed by atoms with Gasteiger partial charge in [-0.2, -0.15) is 4.98 Å². The highest BCUT2D eigenvalue weighted by Gasteiger charge is 2.33.